The second-order valence-corrected chi connectivity index (χ2v) is 7.11. The number of hydrogen-bond acceptors (Lipinski definition) is 8. The number of nitrogens with zero attached hydrogens (tertiary/aromatic N) is 5. The van der Waals surface area contributed by atoms with E-state index in [0.717, 1.165) is 27.7 Å². The summed E-state index contributed by atoms with van der Waals surface area (Å²) in [5, 5.41) is 5.45. The van der Waals surface area contributed by atoms with Gasteiger partial charge in [-0.05, 0) is 55.0 Å². The fourth-order valence-electron chi connectivity index (χ4n) is 3.35. The number of nitrogens with one attached hydrogen (secondary N) is 1. The highest BCUT2D eigenvalue weighted by Crippen LogP contribution is 2.28. The van der Waals surface area contributed by atoms with Crippen LogP contribution in [-0.2, 0) is 13.2 Å². The third kappa shape index (κ3) is 4.12. The molecule has 0 aliphatic carbocycles. The van der Waals surface area contributed by atoms with Crippen LogP contribution in [0.1, 0.15) is 28.1 Å². The molecule has 0 aliphatic rings. The molecule has 0 spiro atoms. The predicted molar refractivity (Wildman–Crippen MR) is 116 cm³/mol. The van der Waals surface area contributed by atoms with Crippen molar-refractivity contribution in [1.29, 1.82) is 0 Å². The molecule has 0 saturated heterocycles. The van der Waals surface area contributed by atoms with Gasteiger partial charge < -0.3 is 15.8 Å². The molecule has 8 heteroatoms. The quantitative estimate of drug-likeness (QED) is 0.505. The van der Waals surface area contributed by atoms with Crippen molar-refractivity contribution >= 4 is 22.4 Å². The van der Waals surface area contributed by atoms with Crippen LogP contribution in [-0.4, -0.2) is 24.9 Å². The first-order valence-corrected chi connectivity index (χ1v) is 9.61. The van der Waals surface area contributed by atoms with Crippen molar-refractivity contribution in [3.8, 4) is 5.88 Å². The Morgan fingerprint density at radius 3 is 2.57 bits per heavy atom. The van der Waals surface area contributed by atoms with Crippen LogP contribution in [0.2, 0.25) is 0 Å². The molecule has 3 aromatic heterocycles. The lowest BCUT2D eigenvalue weighted by Gasteiger charge is -2.15. The van der Waals surface area contributed by atoms with Crippen LogP contribution in [0.4, 0.5) is 11.6 Å². The lowest BCUT2D eigenvalue weighted by atomic mass is 9.96. The van der Waals surface area contributed by atoms with E-state index >= 15 is 0 Å². The van der Waals surface area contributed by atoms with Crippen LogP contribution in [0.25, 0.3) is 10.8 Å². The number of nitrogens with two attached hydrogens (primary N) is 1. The summed E-state index contributed by atoms with van der Waals surface area (Å²) in [6.45, 7) is 6.99. The van der Waals surface area contributed by atoms with Crippen molar-refractivity contribution in [1.82, 2.24) is 24.9 Å². The Balaban J connectivity index is 1.48. The first-order chi connectivity index (χ1) is 14.5. The number of ether oxygens (including phenoxy) is 1. The Bertz CT molecular complexity index is 1190. The van der Waals surface area contributed by atoms with E-state index in [1.165, 1.54) is 17.5 Å². The molecule has 0 amide bonds. The number of aromatic nitrogens is 5. The fourth-order valence-corrected chi connectivity index (χ4v) is 3.35. The van der Waals surface area contributed by atoms with E-state index in [9.17, 15) is 0 Å². The van der Waals surface area contributed by atoms with E-state index < -0.39 is 0 Å². The smallest absolute Gasteiger partial charge is 0.218 e. The fraction of sp³-hybridized carbons (Fsp3) is 0.227. The Morgan fingerprint density at radius 2 is 1.77 bits per heavy atom. The molecule has 1 aromatic carbocycles. The molecule has 0 unspecified atom stereocenters. The second-order valence-electron chi connectivity index (χ2n) is 7.11. The van der Waals surface area contributed by atoms with Gasteiger partial charge in [-0.3, -0.25) is 0 Å². The summed E-state index contributed by atoms with van der Waals surface area (Å²) in [6.07, 6.45) is 6.71. The third-order valence-corrected chi connectivity index (χ3v) is 5.02. The zero-order valence-corrected chi connectivity index (χ0v) is 17.2. The maximum Gasteiger partial charge on any atom is 0.218 e. The summed E-state index contributed by atoms with van der Waals surface area (Å²) in [6, 6.07) is 5.86. The number of nitrogen functional groups attached to an aromatic ring is 1. The minimum atomic E-state index is 0.342. The summed E-state index contributed by atoms with van der Waals surface area (Å²) in [5.41, 5.74) is 10.4. The maximum atomic E-state index is 6.04. The normalized spacial score (nSPS) is 10.9. The number of benzene rings is 1. The number of fused-ring (bicyclic) bond motifs is 1. The molecule has 3 N–H and O–H groups in total. The zero-order valence-electron chi connectivity index (χ0n) is 17.2. The highest BCUT2D eigenvalue weighted by Gasteiger charge is 2.10. The SMILES string of the molecule is Cc1ncc(COc2cc(NCc3c(C)cc4c(N)nccc4c3C)ncn2)cn1. The van der Waals surface area contributed by atoms with E-state index in [4.69, 9.17) is 10.5 Å². The van der Waals surface area contributed by atoms with Crippen molar-refractivity contribution in [2.45, 2.75) is 33.9 Å². The molecule has 0 radical (unpaired) electrons. The van der Waals surface area contributed by atoms with Gasteiger partial charge in [-0.25, -0.2) is 24.9 Å². The van der Waals surface area contributed by atoms with Gasteiger partial charge in [0.2, 0.25) is 5.88 Å². The Hall–Kier alpha value is -3.81. The molecule has 152 valence electrons. The summed E-state index contributed by atoms with van der Waals surface area (Å²) in [5.74, 6) is 2.45. The van der Waals surface area contributed by atoms with Gasteiger partial charge in [0.1, 0.15) is 30.4 Å². The van der Waals surface area contributed by atoms with Crippen LogP contribution in [0.5, 0.6) is 5.88 Å². The summed E-state index contributed by atoms with van der Waals surface area (Å²) >= 11 is 0. The van der Waals surface area contributed by atoms with Gasteiger partial charge in [-0.15, -0.1) is 0 Å². The predicted octanol–water partition coefficient (Wildman–Crippen LogP) is 3.51. The minimum absolute atomic E-state index is 0.342. The van der Waals surface area contributed by atoms with E-state index in [-0.39, 0.29) is 0 Å². The Morgan fingerprint density at radius 1 is 0.967 bits per heavy atom. The Kier molecular flexibility index (Phi) is 5.38. The van der Waals surface area contributed by atoms with Crippen molar-refractivity contribution < 1.29 is 4.74 Å². The van der Waals surface area contributed by atoms with Crippen molar-refractivity contribution in [2.24, 2.45) is 0 Å². The van der Waals surface area contributed by atoms with Crippen LogP contribution in [0, 0.1) is 20.8 Å². The number of aryl methyl sites for hydroxylation is 3. The highest BCUT2D eigenvalue weighted by atomic mass is 16.5. The molecule has 4 aromatic rings. The monoisotopic (exact) mass is 401 g/mol. The highest BCUT2D eigenvalue weighted by molar-refractivity contribution is 5.94. The zero-order chi connectivity index (χ0) is 21.1. The van der Waals surface area contributed by atoms with Crippen molar-refractivity contribution in [3.05, 3.63) is 71.2 Å². The largest absolute Gasteiger partial charge is 0.473 e. The summed E-state index contributed by atoms with van der Waals surface area (Å²) < 4.78 is 5.75. The summed E-state index contributed by atoms with van der Waals surface area (Å²) in [4.78, 5) is 21.0. The van der Waals surface area contributed by atoms with Gasteiger partial charge in [0.05, 0.1) is 0 Å². The lowest BCUT2D eigenvalue weighted by molar-refractivity contribution is 0.292. The topological polar surface area (TPSA) is 112 Å². The molecule has 0 fully saturated rings. The maximum absolute atomic E-state index is 6.04. The minimum Gasteiger partial charge on any atom is -0.473 e. The van der Waals surface area contributed by atoms with E-state index in [1.54, 1.807) is 24.7 Å². The molecular weight excluding hydrogens is 378 g/mol. The van der Waals surface area contributed by atoms with E-state index in [2.05, 4.69) is 50.2 Å². The van der Waals surface area contributed by atoms with Gasteiger partial charge >= 0.3 is 0 Å². The number of pyridine rings is 1. The van der Waals surface area contributed by atoms with Gasteiger partial charge in [-0.1, -0.05) is 0 Å². The molecular formula is C22H23N7O. The van der Waals surface area contributed by atoms with Gasteiger partial charge in [-0.2, -0.15) is 0 Å². The lowest BCUT2D eigenvalue weighted by Crippen LogP contribution is -2.07. The van der Waals surface area contributed by atoms with Crippen LogP contribution < -0.4 is 15.8 Å². The van der Waals surface area contributed by atoms with Crippen molar-refractivity contribution in [3.63, 3.8) is 0 Å². The number of rotatable bonds is 6. The molecule has 0 saturated carbocycles. The standard InChI is InChI=1S/C22H23N7O/c1-13-6-18-17(4-5-24-22(18)23)14(2)19(13)10-27-20-7-21(29-12-28-20)30-11-16-8-25-15(3)26-9-16/h4-9,12H,10-11H2,1-3H3,(H2,23,24)(H,27,28,29). The van der Waals surface area contributed by atoms with Gasteiger partial charge in [0.25, 0.3) is 0 Å². The van der Waals surface area contributed by atoms with Gasteiger partial charge in [0.15, 0.2) is 0 Å². The van der Waals surface area contributed by atoms with Crippen LogP contribution >= 0.6 is 0 Å². The van der Waals surface area contributed by atoms with Crippen LogP contribution in [0.3, 0.4) is 0 Å². The molecule has 0 atom stereocenters. The molecule has 0 aliphatic heterocycles. The van der Waals surface area contributed by atoms with Crippen LogP contribution in [0.15, 0.2) is 43.1 Å². The first kappa shape index (κ1) is 19.5. The average molecular weight is 401 g/mol. The average Bonchev–Trinajstić information content (AvgIpc) is 2.74. The van der Waals surface area contributed by atoms with Gasteiger partial charge in [0, 0.05) is 42.2 Å². The molecule has 4 rings (SSSR count). The molecule has 8 nitrogen and oxygen atoms in total. The van der Waals surface area contributed by atoms with Crippen molar-refractivity contribution in [2.75, 3.05) is 11.1 Å². The molecule has 30 heavy (non-hydrogen) atoms. The second kappa shape index (κ2) is 8.28. The van der Waals surface area contributed by atoms with E-state index in [0.29, 0.717) is 30.7 Å². The number of anilines is 2. The summed E-state index contributed by atoms with van der Waals surface area (Å²) in [7, 11) is 0. The number of hydrogen-bond donors (Lipinski definition) is 2. The first-order valence-electron chi connectivity index (χ1n) is 9.61. The molecule has 3 heterocycles. The van der Waals surface area contributed by atoms with E-state index in [1.807, 2.05) is 13.0 Å². The molecule has 0 bridgehead atoms. The Labute approximate surface area is 174 Å². The third-order valence-electron chi connectivity index (χ3n) is 5.02.